The number of methoxy groups -OCH3 is 1. The molecule has 0 fully saturated rings. The van der Waals surface area contributed by atoms with Gasteiger partial charge in [0, 0.05) is 29.4 Å². The standard InChI is InChI=1S/C28H32BrF3N2O5/c1-4-5-13-38-27(36)24-23(18-9-11-20(29)12-10-18)22(26(35)39-15-14-37-3)17(2)34(25(24)33)21-8-6-7-19(16-21)28(30,31)32/h6-12,19,23H,4-5,13-16,33H2,1-3H3. The number of nitrogens with zero attached hydrogens (tertiary/aromatic N) is 1. The summed E-state index contributed by atoms with van der Waals surface area (Å²) in [6.07, 6.45) is 0.335. The molecule has 0 amide bonds. The van der Waals surface area contributed by atoms with Crippen molar-refractivity contribution in [3.05, 3.63) is 80.9 Å². The van der Waals surface area contributed by atoms with Crippen molar-refractivity contribution in [2.45, 2.75) is 45.2 Å². The number of ether oxygens (including phenoxy) is 3. The highest BCUT2D eigenvalue weighted by atomic mass is 79.9. The molecule has 3 rings (SSSR count). The van der Waals surface area contributed by atoms with Crippen LogP contribution in [0.1, 0.15) is 44.6 Å². The maximum Gasteiger partial charge on any atom is 0.395 e. The lowest BCUT2D eigenvalue weighted by molar-refractivity contribution is -0.161. The number of rotatable bonds is 10. The summed E-state index contributed by atoms with van der Waals surface area (Å²) in [5.74, 6) is -4.32. The summed E-state index contributed by atoms with van der Waals surface area (Å²) in [4.78, 5) is 28.4. The molecule has 1 aromatic rings. The van der Waals surface area contributed by atoms with Crippen LogP contribution in [0, 0.1) is 5.92 Å². The number of hydrogen-bond acceptors (Lipinski definition) is 7. The number of halogens is 4. The zero-order valence-electron chi connectivity index (χ0n) is 22.0. The van der Waals surface area contributed by atoms with E-state index in [0.717, 1.165) is 17.0 Å². The third-order valence-electron chi connectivity index (χ3n) is 6.48. The van der Waals surface area contributed by atoms with E-state index in [4.69, 9.17) is 19.9 Å². The largest absolute Gasteiger partial charge is 0.462 e. The van der Waals surface area contributed by atoms with Crippen LogP contribution >= 0.6 is 15.9 Å². The van der Waals surface area contributed by atoms with E-state index >= 15 is 0 Å². The molecule has 39 heavy (non-hydrogen) atoms. The van der Waals surface area contributed by atoms with Crippen LogP contribution in [0.4, 0.5) is 13.2 Å². The summed E-state index contributed by atoms with van der Waals surface area (Å²) < 4.78 is 57.6. The van der Waals surface area contributed by atoms with Gasteiger partial charge in [0.2, 0.25) is 0 Å². The molecule has 2 unspecified atom stereocenters. The van der Waals surface area contributed by atoms with Crippen LogP contribution in [-0.2, 0) is 23.8 Å². The van der Waals surface area contributed by atoms with Crippen molar-refractivity contribution in [2.24, 2.45) is 11.7 Å². The fraction of sp³-hybridized carbons (Fsp3) is 0.429. The molecule has 0 saturated heterocycles. The van der Waals surface area contributed by atoms with Crippen LogP contribution in [0.25, 0.3) is 0 Å². The topological polar surface area (TPSA) is 91.1 Å². The van der Waals surface area contributed by atoms with Crippen molar-refractivity contribution in [2.75, 3.05) is 26.9 Å². The highest BCUT2D eigenvalue weighted by Crippen LogP contribution is 2.45. The Morgan fingerprint density at radius 3 is 2.33 bits per heavy atom. The molecule has 0 aromatic heterocycles. The fourth-order valence-electron chi connectivity index (χ4n) is 4.50. The third kappa shape index (κ3) is 7.13. The van der Waals surface area contributed by atoms with Crippen LogP contribution in [0.3, 0.4) is 0 Å². The fourth-order valence-corrected chi connectivity index (χ4v) is 4.77. The van der Waals surface area contributed by atoms with E-state index in [1.165, 1.54) is 24.2 Å². The maximum atomic E-state index is 13.6. The Bertz CT molecular complexity index is 1140. The lowest BCUT2D eigenvalue weighted by Gasteiger charge is -2.39. The number of allylic oxidation sites excluding steroid dienone is 5. The van der Waals surface area contributed by atoms with Gasteiger partial charge >= 0.3 is 18.1 Å². The van der Waals surface area contributed by atoms with Gasteiger partial charge in [-0.15, -0.1) is 0 Å². The van der Waals surface area contributed by atoms with Gasteiger partial charge in [0.15, 0.2) is 0 Å². The predicted molar refractivity (Wildman–Crippen MR) is 143 cm³/mol. The Morgan fingerprint density at radius 1 is 1.08 bits per heavy atom. The Kier molecular flexibility index (Phi) is 10.4. The molecule has 0 radical (unpaired) electrons. The van der Waals surface area contributed by atoms with Crippen molar-refractivity contribution in [1.82, 2.24) is 4.90 Å². The van der Waals surface area contributed by atoms with E-state index in [2.05, 4.69) is 15.9 Å². The van der Waals surface area contributed by atoms with E-state index < -0.39 is 36.4 Å². The predicted octanol–water partition coefficient (Wildman–Crippen LogP) is 5.85. The monoisotopic (exact) mass is 612 g/mol. The second-order valence-corrected chi connectivity index (χ2v) is 10.0. The highest BCUT2D eigenvalue weighted by molar-refractivity contribution is 9.10. The van der Waals surface area contributed by atoms with Crippen LogP contribution in [-0.4, -0.2) is 49.9 Å². The number of carbonyl (C=O) groups excluding carboxylic acids is 2. The van der Waals surface area contributed by atoms with Crippen molar-refractivity contribution >= 4 is 27.9 Å². The molecule has 0 bridgehead atoms. The summed E-state index contributed by atoms with van der Waals surface area (Å²) >= 11 is 3.39. The normalized spacial score (nSPS) is 19.8. The number of benzene rings is 1. The Morgan fingerprint density at radius 2 is 1.72 bits per heavy atom. The first-order valence-electron chi connectivity index (χ1n) is 12.5. The number of esters is 2. The van der Waals surface area contributed by atoms with Gasteiger partial charge in [0.25, 0.3) is 0 Å². The smallest absolute Gasteiger partial charge is 0.395 e. The van der Waals surface area contributed by atoms with Crippen molar-refractivity contribution < 1.29 is 37.0 Å². The zero-order valence-corrected chi connectivity index (χ0v) is 23.6. The van der Waals surface area contributed by atoms with E-state index in [1.54, 1.807) is 31.2 Å². The lowest BCUT2D eigenvalue weighted by Crippen LogP contribution is -2.40. The first kappa shape index (κ1) is 30.5. The van der Waals surface area contributed by atoms with Gasteiger partial charge in [-0.2, -0.15) is 13.2 Å². The molecule has 0 spiro atoms. The number of alkyl halides is 3. The Labute approximate surface area is 234 Å². The quantitative estimate of drug-likeness (QED) is 0.262. The third-order valence-corrected chi connectivity index (χ3v) is 7.01. The van der Waals surface area contributed by atoms with Crippen molar-refractivity contribution in [3.8, 4) is 0 Å². The molecular weight excluding hydrogens is 581 g/mol. The molecule has 2 atom stereocenters. The maximum absolute atomic E-state index is 13.6. The van der Waals surface area contributed by atoms with E-state index in [9.17, 15) is 22.8 Å². The molecule has 1 aromatic carbocycles. The molecule has 1 aliphatic carbocycles. The van der Waals surface area contributed by atoms with Crippen LogP contribution in [0.15, 0.2) is 75.3 Å². The first-order valence-corrected chi connectivity index (χ1v) is 13.3. The second-order valence-electron chi connectivity index (χ2n) is 9.13. The number of nitrogens with two attached hydrogens (primary N) is 1. The molecule has 1 aliphatic heterocycles. The van der Waals surface area contributed by atoms with Gasteiger partial charge in [-0.3, -0.25) is 0 Å². The minimum absolute atomic E-state index is 0.0447. The zero-order chi connectivity index (χ0) is 28.7. The molecule has 11 heteroatoms. The van der Waals surface area contributed by atoms with E-state index in [0.29, 0.717) is 12.0 Å². The minimum atomic E-state index is -4.48. The average Bonchev–Trinajstić information content (AvgIpc) is 2.88. The molecule has 0 saturated carbocycles. The number of unbranched alkanes of at least 4 members (excludes halogenated alkanes) is 1. The number of carbonyl (C=O) groups is 2. The van der Waals surface area contributed by atoms with Crippen LogP contribution in [0.2, 0.25) is 0 Å². The summed E-state index contributed by atoms with van der Waals surface area (Å²) in [5, 5.41) is 0. The van der Waals surface area contributed by atoms with Crippen molar-refractivity contribution in [3.63, 3.8) is 0 Å². The molecule has 212 valence electrons. The van der Waals surface area contributed by atoms with Crippen molar-refractivity contribution in [1.29, 1.82) is 0 Å². The second kappa shape index (κ2) is 13.3. The lowest BCUT2D eigenvalue weighted by atomic mass is 9.80. The van der Waals surface area contributed by atoms with Crippen LogP contribution in [0.5, 0.6) is 0 Å². The summed E-state index contributed by atoms with van der Waals surface area (Å²) in [5.41, 5.74) is 7.62. The average molecular weight is 613 g/mol. The van der Waals surface area contributed by atoms with E-state index in [-0.39, 0.29) is 48.2 Å². The first-order chi connectivity index (χ1) is 18.5. The summed E-state index contributed by atoms with van der Waals surface area (Å²) in [6.45, 7) is 3.71. The molecular formula is C28H32BrF3N2O5. The van der Waals surface area contributed by atoms with Crippen LogP contribution < -0.4 is 5.73 Å². The highest BCUT2D eigenvalue weighted by Gasteiger charge is 2.44. The van der Waals surface area contributed by atoms with E-state index in [1.807, 2.05) is 6.92 Å². The van der Waals surface area contributed by atoms with Gasteiger partial charge in [-0.1, -0.05) is 53.6 Å². The minimum Gasteiger partial charge on any atom is -0.462 e. The van der Waals surface area contributed by atoms with Gasteiger partial charge in [-0.25, -0.2) is 9.59 Å². The SMILES string of the molecule is CCCCOC(=O)C1=C(N)N(C2=CC=CC(C(F)(F)F)C2)C(C)=C(C(=O)OCCOC)C1c1ccc(Br)cc1. The molecule has 2 N–H and O–H groups in total. The van der Waals surface area contributed by atoms with Gasteiger partial charge < -0.3 is 24.8 Å². The number of hydrogen-bond donors (Lipinski definition) is 1. The molecule has 2 aliphatic rings. The van der Waals surface area contributed by atoms with Gasteiger partial charge in [0.05, 0.1) is 36.2 Å². The summed E-state index contributed by atoms with van der Waals surface area (Å²) in [6, 6.07) is 6.97. The summed E-state index contributed by atoms with van der Waals surface area (Å²) in [7, 11) is 1.46. The Balaban J connectivity index is 2.21. The van der Waals surface area contributed by atoms with Gasteiger partial charge in [0.1, 0.15) is 12.4 Å². The molecule has 7 nitrogen and oxygen atoms in total. The molecule has 1 heterocycles. The Hall–Kier alpha value is -3.05. The van der Waals surface area contributed by atoms with Gasteiger partial charge in [-0.05, 0) is 37.1 Å².